The van der Waals surface area contributed by atoms with Crippen LogP contribution in [0.5, 0.6) is 23.0 Å². The van der Waals surface area contributed by atoms with E-state index in [9.17, 15) is 29.4 Å². The molecule has 16 heteroatoms. The van der Waals surface area contributed by atoms with Crippen LogP contribution in [-0.2, 0) is 20.8 Å². The van der Waals surface area contributed by atoms with Gasteiger partial charge in [-0.2, -0.15) is 0 Å². The van der Waals surface area contributed by atoms with E-state index in [0.29, 0.717) is 68.1 Å². The van der Waals surface area contributed by atoms with Gasteiger partial charge >= 0.3 is 11.9 Å². The molecule has 5 aromatic rings. The summed E-state index contributed by atoms with van der Waals surface area (Å²) in [6.45, 7) is 12.9. The molecule has 4 aliphatic heterocycles. The standard InChI is InChI=1S/C29H32N2O6.C24H30N2O6/c1-29(2)11-10-23-20-14-26(36-13-7-12-35-3)27(37-18-19-8-5-4-6-9-19)15-21(20)24-16-25(32)22(28(33)34)17-30(24)31(23)29;1-5-31-23(29)17-14-25-19(13-20(17)27)15-11-21(28)22(32-10-6-9-30-4)12-16(15)18-7-8-24(2,3)26(18)25/h4-6,8-9,14-17,23H,7,10-13,18H2,1-3H3,(H,33,34);11-14,18,28H,5-10H2,1-4H3. The third-order valence-corrected chi connectivity index (χ3v) is 13.4. The second kappa shape index (κ2) is 20.1. The van der Waals surface area contributed by atoms with E-state index >= 15 is 0 Å². The molecule has 0 aliphatic carbocycles. The first-order chi connectivity index (χ1) is 33.1. The topological polar surface area (TPSA) is 180 Å². The van der Waals surface area contributed by atoms with Crippen molar-refractivity contribution in [2.45, 2.75) is 103 Å². The van der Waals surface area contributed by atoms with Crippen LogP contribution in [0.25, 0.3) is 22.5 Å². The van der Waals surface area contributed by atoms with Gasteiger partial charge in [0.15, 0.2) is 33.9 Å². The molecule has 2 aromatic heterocycles. The summed E-state index contributed by atoms with van der Waals surface area (Å²) in [5, 5.41) is 24.7. The second-order valence-electron chi connectivity index (χ2n) is 19.0. The van der Waals surface area contributed by atoms with Gasteiger partial charge in [-0.3, -0.25) is 29.0 Å². The third-order valence-electron chi connectivity index (χ3n) is 13.4. The quantitative estimate of drug-likeness (QED) is 0.0715. The van der Waals surface area contributed by atoms with Gasteiger partial charge in [0.1, 0.15) is 17.7 Å². The number of carbonyl (C=O) groups is 2. The van der Waals surface area contributed by atoms with Crippen molar-refractivity contribution in [3.63, 3.8) is 0 Å². The monoisotopic (exact) mass is 946 g/mol. The maximum Gasteiger partial charge on any atom is 0.343 e. The van der Waals surface area contributed by atoms with Crippen molar-refractivity contribution in [2.75, 3.05) is 57.3 Å². The van der Waals surface area contributed by atoms with Crippen LogP contribution < -0.4 is 35.1 Å². The predicted octanol–water partition coefficient (Wildman–Crippen LogP) is 8.15. The number of ether oxygens (including phenoxy) is 6. The maximum absolute atomic E-state index is 12.8. The van der Waals surface area contributed by atoms with Crippen LogP contribution in [0.3, 0.4) is 0 Å². The number of methoxy groups -OCH3 is 2. The van der Waals surface area contributed by atoms with Crippen LogP contribution in [0.15, 0.2) is 88.7 Å². The molecule has 16 nitrogen and oxygen atoms in total. The van der Waals surface area contributed by atoms with E-state index in [4.69, 9.17) is 28.4 Å². The number of carbonyl (C=O) groups excluding carboxylic acids is 1. The molecule has 0 spiro atoms. The number of fused-ring (bicyclic) bond motifs is 12. The van der Waals surface area contributed by atoms with Crippen molar-refractivity contribution in [2.24, 2.45) is 0 Å². The number of pyridine rings is 2. The Morgan fingerprint density at radius 1 is 0.667 bits per heavy atom. The number of hydrogen-bond acceptors (Lipinski definition) is 13. The van der Waals surface area contributed by atoms with Gasteiger partial charge in [0.2, 0.25) is 0 Å². The average Bonchev–Trinajstić information content (AvgIpc) is 3.83. The van der Waals surface area contributed by atoms with Gasteiger partial charge in [-0.25, -0.2) is 9.59 Å². The van der Waals surface area contributed by atoms with Crippen molar-refractivity contribution in [1.82, 2.24) is 9.35 Å². The second-order valence-corrected chi connectivity index (χ2v) is 19.0. The van der Waals surface area contributed by atoms with Gasteiger partial charge in [-0.05, 0) is 101 Å². The van der Waals surface area contributed by atoms with Crippen molar-refractivity contribution in [3.05, 3.63) is 127 Å². The molecule has 0 saturated carbocycles. The molecule has 2 saturated heterocycles. The Kier molecular flexibility index (Phi) is 14.1. The van der Waals surface area contributed by atoms with Crippen molar-refractivity contribution >= 4 is 11.9 Å². The predicted molar refractivity (Wildman–Crippen MR) is 260 cm³/mol. The molecule has 0 bridgehead atoms. The lowest BCUT2D eigenvalue weighted by molar-refractivity contribution is 0.0523. The number of nitrogens with zero attached hydrogens (tertiary/aromatic N) is 4. The van der Waals surface area contributed by atoms with E-state index < -0.39 is 22.8 Å². The third kappa shape index (κ3) is 9.64. The first-order valence-electron chi connectivity index (χ1n) is 23.6. The Bertz CT molecular complexity index is 2840. The van der Waals surface area contributed by atoms with E-state index in [1.165, 1.54) is 18.3 Å². The van der Waals surface area contributed by atoms with Gasteiger partial charge in [0.05, 0.1) is 54.4 Å². The van der Waals surface area contributed by atoms with Crippen molar-refractivity contribution in [3.8, 4) is 45.5 Å². The summed E-state index contributed by atoms with van der Waals surface area (Å²) in [6, 6.07) is 20.3. The normalized spacial score (nSPS) is 17.5. The molecule has 2 atom stereocenters. The van der Waals surface area contributed by atoms with E-state index in [1.807, 2.05) is 57.9 Å². The Morgan fingerprint density at radius 2 is 1.17 bits per heavy atom. The molecule has 0 radical (unpaired) electrons. The van der Waals surface area contributed by atoms with Gasteiger partial charge in [-0.15, -0.1) is 0 Å². The molecule has 2 N–H and O–H groups in total. The SMILES string of the molecule is CCOC(=O)c1cn2c(cc1=O)-c1cc(O)c(OCCCOC)cc1C1CCC(C)(C)N12.COCCCOc1cc2c(cc1OCc1ccccc1)-c1cc(=O)c(C(=O)O)cn1N1C2CCC1(C)C. The summed E-state index contributed by atoms with van der Waals surface area (Å²) in [5.41, 5.74) is 4.35. The number of phenols is 1. The number of phenolic OH excluding ortho intramolecular Hbond substituents is 1. The average molecular weight is 947 g/mol. The zero-order chi connectivity index (χ0) is 49.2. The zero-order valence-electron chi connectivity index (χ0n) is 40.4. The molecular formula is C53H62N4O12. The largest absolute Gasteiger partial charge is 0.504 e. The molecule has 2 fully saturated rings. The zero-order valence-corrected chi connectivity index (χ0v) is 40.4. The molecule has 3 aromatic carbocycles. The first kappa shape index (κ1) is 48.7. The highest BCUT2D eigenvalue weighted by molar-refractivity contribution is 5.90. The number of benzene rings is 3. The number of hydrogen-bond donors (Lipinski definition) is 2. The number of carboxylic acid groups (broad SMARTS) is 1. The summed E-state index contributed by atoms with van der Waals surface area (Å²) in [5.74, 6) is -0.203. The molecule has 6 heterocycles. The Hall–Kier alpha value is -6.78. The Labute approximate surface area is 401 Å². The summed E-state index contributed by atoms with van der Waals surface area (Å²) < 4.78 is 37.3. The van der Waals surface area contributed by atoms with Crippen LogP contribution in [0.4, 0.5) is 0 Å². The minimum Gasteiger partial charge on any atom is -0.504 e. The van der Waals surface area contributed by atoms with Gasteiger partial charge in [0.25, 0.3) is 0 Å². The molecular weight excluding hydrogens is 885 g/mol. The molecule has 4 aliphatic rings. The number of aromatic hydroxyl groups is 1. The van der Waals surface area contributed by atoms with Crippen LogP contribution in [0.2, 0.25) is 0 Å². The highest BCUT2D eigenvalue weighted by Crippen LogP contribution is 2.52. The summed E-state index contributed by atoms with van der Waals surface area (Å²) in [4.78, 5) is 49.7. The fourth-order valence-corrected chi connectivity index (χ4v) is 10.1. The Balaban J connectivity index is 0.000000188. The number of rotatable bonds is 16. The molecule has 0 amide bonds. The van der Waals surface area contributed by atoms with Crippen molar-refractivity contribution < 1.29 is 48.2 Å². The first-order valence-corrected chi connectivity index (χ1v) is 23.6. The summed E-state index contributed by atoms with van der Waals surface area (Å²) in [6.07, 6.45) is 8.13. The lowest BCUT2D eigenvalue weighted by Crippen LogP contribution is -2.50. The summed E-state index contributed by atoms with van der Waals surface area (Å²) >= 11 is 0. The number of esters is 1. The minimum absolute atomic E-state index is 0.00261. The van der Waals surface area contributed by atoms with Crippen LogP contribution in [0, 0.1) is 0 Å². The molecule has 2 unspecified atom stereocenters. The highest BCUT2D eigenvalue weighted by atomic mass is 16.5. The van der Waals surface area contributed by atoms with Crippen LogP contribution in [0.1, 0.15) is 123 Å². The summed E-state index contributed by atoms with van der Waals surface area (Å²) in [7, 11) is 3.30. The van der Waals surface area contributed by atoms with E-state index in [1.54, 1.807) is 33.4 Å². The van der Waals surface area contributed by atoms with E-state index in [-0.39, 0.29) is 46.6 Å². The molecule has 69 heavy (non-hydrogen) atoms. The number of aromatic nitrogens is 2. The Morgan fingerprint density at radius 3 is 1.72 bits per heavy atom. The van der Waals surface area contributed by atoms with Crippen LogP contribution in [-0.4, -0.2) is 89.8 Å². The molecule has 9 rings (SSSR count). The van der Waals surface area contributed by atoms with Gasteiger partial charge in [-0.1, -0.05) is 30.3 Å². The number of aromatic carboxylic acids is 1. The van der Waals surface area contributed by atoms with Gasteiger partial charge in [0, 0.05) is 75.9 Å². The van der Waals surface area contributed by atoms with Crippen LogP contribution >= 0.6 is 0 Å². The number of carboxylic acids is 1. The molecule has 366 valence electrons. The van der Waals surface area contributed by atoms with E-state index in [2.05, 4.69) is 37.7 Å². The fourth-order valence-electron chi connectivity index (χ4n) is 10.1. The van der Waals surface area contributed by atoms with E-state index in [0.717, 1.165) is 59.9 Å². The fraction of sp³-hybridized carbons (Fsp3) is 0.434. The lowest BCUT2D eigenvalue weighted by Gasteiger charge is -2.44. The lowest BCUT2D eigenvalue weighted by atomic mass is 9.93. The smallest absolute Gasteiger partial charge is 0.343 e. The van der Waals surface area contributed by atoms with Gasteiger partial charge < -0.3 is 38.6 Å². The minimum atomic E-state index is -1.23. The van der Waals surface area contributed by atoms with Crippen molar-refractivity contribution in [1.29, 1.82) is 0 Å². The maximum atomic E-state index is 12.8. The highest BCUT2D eigenvalue weighted by Gasteiger charge is 2.47.